The van der Waals surface area contributed by atoms with Crippen molar-refractivity contribution in [3.05, 3.63) is 22.7 Å². The molecule has 0 aliphatic heterocycles. The molecule has 1 atom stereocenters. The first-order valence-electron chi connectivity index (χ1n) is 5.24. The molecule has 2 rings (SSSR count). The summed E-state index contributed by atoms with van der Waals surface area (Å²) in [6.45, 7) is -0.162. The van der Waals surface area contributed by atoms with E-state index in [1.165, 1.54) is 19.5 Å². The number of H-pyrrole nitrogens is 1. The van der Waals surface area contributed by atoms with E-state index in [1.807, 2.05) is 0 Å². The van der Waals surface area contributed by atoms with Crippen molar-refractivity contribution in [2.45, 2.75) is 13.0 Å². The van der Waals surface area contributed by atoms with Crippen molar-refractivity contribution in [2.75, 3.05) is 19.5 Å². The molecule has 1 unspecified atom stereocenters. The van der Waals surface area contributed by atoms with Crippen LogP contribution in [0.25, 0.3) is 11.0 Å². The molecular weight excluding hydrogens is 240 g/mol. The highest BCUT2D eigenvalue weighted by atomic mass is 16.7. The summed E-state index contributed by atoms with van der Waals surface area (Å²) in [4.78, 5) is 17.9. The van der Waals surface area contributed by atoms with Crippen molar-refractivity contribution < 1.29 is 14.6 Å². The van der Waals surface area contributed by atoms with E-state index < -0.39 is 6.29 Å². The molecule has 0 bridgehead atoms. The number of anilines is 1. The maximum atomic E-state index is 11.3. The number of pyridine rings is 1. The fourth-order valence-corrected chi connectivity index (χ4v) is 1.56. The van der Waals surface area contributed by atoms with E-state index in [9.17, 15) is 4.79 Å². The number of nitrogens with two attached hydrogens (primary N) is 1. The van der Waals surface area contributed by atoms with Gasteiger partial charge in [0.2, 0.25) is 0 Å². The SMILES string of the molecule is COC(CO)OCn1cnc2c(N)[nH]c(=O)cc21. The first-order chi connectivity index (χ1) is 8.65. The summed E-state index contributed by atoms with van der Waals surface area (Å²) in [5.74, 6) is 0.210. The molecule has 0 saturated heterocycles. The number of rotatable bonds is 5. The van der Waals surface area contributed by atoms with Crippen LogP contribution < -0.4 is 11.3 Å². The second-order valence-corrected chi connectivity index (χ2v) is 3.64. The van der Waals surface area contributed by atoms with Crippen molar-refractivity contribution in [3.8, 4) is 0 Å². The van der Waals surface area contributed by atoms with E-state index >= 15 is 0 Å². The predicted molar refractivity (Wildman–Crippen MR) is 63.7 cm³/mol. The third-order valence-electron chi connectivity index (χ3n) is 2.47. The maximum Gasteiger partial charge on any atom is 0.251 e. The second kappa shape index (κ2) is 5.17. The van der Waals surface area contributed by atoms with Crippen molar-refractivity contribution >= 4 is 16.9 Å². The molecule has 8 nitrogen and oxygen atoms in total. The Bertz CT molecular complexity index is 587. The molecule has 0 radical (unpaired) electrons. The van der Waals surface area contributed by atoms with Gasteiger partial charge in [-0.05, 0) is 0 Å². The van der Waals surface area contributed by atoms with Crippen LogP contribution >= 0.6 is 0 Å². The van der Waals surface area contributed by atoms with Gasteiger partial charge >= 0.3 is 0 Å². The smallest absolute Gasteiger partial charge is 0.251 e. The number of nitrogens with one attached hydrogen (secondary N) is 1. The van der Waals surface area contributed by atoms with Gasteiger partial charge in [0, 0.05) is 13.2 Å². The Morgan fingerprint density at radius 3 is 3.11 bits per heavy atom. The topological polar surface area (TPSA) is 115 Å². The van der Waals surface area contributed by atoms with Gasteiger partial charge in [-0.1, -0.05) is 0 Å². The van der Waals surface area contributed by atoms with E-state index in [0.717, 1.165) is 0 Å². The molecule has 2 aromatic rings. The predicted octanol–water partition coefficient (Wildman–Crippen LogP) is -0.754. The minimum atomic E-state index is -0.721. The van der Waals surface area contributed by atoms with E-state index in [-0.39, 0.29) is 24.7 Å². The molecule has 8 heteroatoms. The van der Waals surface area contributed by atoms with Gasteiger partial charge in [-0.25, -0.2) is 4.98 Å². The van der Waals surface area contributed by atoms with Crippen LogP contribution in [-0.4, -0.2) is 39.6 Å². The van der Waals surface area contributed by atoms with Crippen molar-refractivity contribution in [3.63, 3.8) is 0 Å². The van der Waals surface area contributed by atoms with E-state index in [2.05, 4.69) is 9.97 Å². The Kier molecular flexibility index (Phi) is 3.60. The largest absolute Gasteiger partial charge is 0.391 e. The number of imidazole rings is 1. The number of ether oxygens (including phenoxy) is 2. The fourth-order valence-electron chi connectivity index (χ4n) is 1.56. The average Bonchev–Trinajstić information content (AvgIpc) is 2.74. The lowest BCUT2D eigenvalue weighted by Crippen LogP contribution is -2.21. The van der Waals surface area contributed by atoms with Gasteiger partial charge in [0.1, 0.15) is 18.1 Å². The summed E-state index contributed by atoms with van der Waals surface area (Å²) in [6, 6.07) is 1.38. The first-order valence-corrected chi connectivity index (χ1v) is 5.24. The lowest BCUT2D eigenvalue weighted by Gasteiger charge is -2.13. The Morgan fingerprint density at radius 2 is 2.44 bits per heavy atom. The molecule has 0 fully saturated rings. The number of hydrogen-bond donors (Lipinski definition) is 3. The molecule has 2 aromatic heterocycles. The third-order valence-corrected chi connectivity index (χ3v) is 2.47. The van der Waals surface area contributed by atoms with Crippen LogP contribution in [0.1, 0.15) is 0 Å². The van der Waals surface area contributed by atoms with Gasteiger partial charge in [0.15, 0.2) is 6.29 Å². The minimum absolute atomic E-state index is 0.0957. The van der Waals surface area contributed by atoms with Gasteiger partial charge in [0.05, 0.1) is 18.5 Å². The lowest BCUT2D eigenvalue weighted by atomic mass is 10.4. The quantitative estimate of drug-likeness (QED) is 0.604. The summed E-state index contributed by atoms with van der Waals surface area (Å²) in [5.41, 5.74) is 6.38. The molecule has 0 saturated carbocycles. The molecule has 4 N–H and O–H groups in total. The summed E-state index contributed by atoms with van der Waals surface area (Å²) < 4.78 is 11.7. The van der Waals surface area contributed by atoms with Crippen molar-refractivity contribution in [2.24, 2.45) is 0 Å². The molecule has 0 amide bonds. The van der Waals surface area contributed by atoms with Gasteiger partial charge in [-0.3, -0.25) is 4.79 Å². The van der Waals surface area contributed by atoms with Crippen LogP contribution in [0.5, 0.6) is 0 Å². The Labute approximate surface area is 102 Å². The number of aromatic nitrogens is 3. The molecule has 0 aliphatic rings. The van der Waals surface area contributed by atoms with Gasteiger partial charge in [-0.15, -0.1) is 0 Å². The molecular formula is C10H14N4O4. The zero-order valence-electron chi connectivity index (χ0n) is 9.79. The lowest BCUT2D eigenvalue weighted by molar-refractivity contribution is -0.165. The number of aliphatic hydroxyl groups excluding tert-OH is 1. The van der Waals surface area contributed by atoms with Crippen molar-refractivity contribution in [1.82, 2.24) is 14.5 Å². The van der Waals surface area contributed by atoms with Crippen LogP contribution in [0, 0.1) is 0 Å². The number of methoxy groups -OCH3 is 1. The zero-order valence-corrected chi connectivity index (χ0v) is 9.79. The number of aliphatic hydroxyl groups is 1. The van der Waals surface area contributed by atoms with Crippen molar-refractivity contribution in [1.29, 1.82) is 0 Å². The fraction of sp³-hybridized carbons (Fsp3) is 0.400. The van der Waals surface area contributed by atoms with Crippen LogP contribution in [0.2, 0.25) is 0 Å². The number of hydrogen-bond acceptors (Lipinski definition) is 6. The van der Waals surface area contributed by atoms with E-state index in [4.69, 9.17) is 20.3 Å². The van der Waals surface area contributed by atoms with Crippen LogP contribution in [0.3, 0.4) is 0 Å². The normalized spacial score (nSPS) is 13.0. The highest BCUT2D eigenvalue weighted by Crippen LogP contribution is 2.15. The average molecular weight is 254 g/mol. The molecule has 18 heavy (non-hydrogen) atoms. The molecule has 2 heterocycles. The Hall–Kier alpha value is -1.90. The van der Waals surface area contributed by atoms with E-state index in [0.29, 0.717) is 11.0 Å². The molecule has 0 aliphatic carbocycles. The van der Waals surface area contributed by atoms with E-state index in [1.54, 1.807) is 4.57 Å². The molecule has 98 valence electrons. The minimum Gasteiger partial charge on any atom is -0.391 e. The summed E-state index contributed by atoms with van der Waals surface area (Å²) >= 11 is 0. The van der Waals surface area contributed by atoms with Crippen LogP contribution in [-0.2, 0) is 16.2 Å². The number of aromatic amines is 1. The Morgan fingerprint density at radius 1 is 1.67 bits per heavy atom. The number of nitrogens with zero attached hydrogens (tertiary/aromatic N) is 2. The van der Waals surface area contributed by atoms with Gasteiger partial charge < -0.3 is 29.9 Å². The number of nitrogen functional groups attached to an aromatic ring is 1. The van der Waals surface area contributed by atoms with Gasteiger partial charge in [-0.2, -0.15) is 0 Å². The summed E-state index contributed by atoms with van der Waals surface area (Å²) in [5, 5.41) is 8.91. The Balaban J connectivity index is 2.26. The monoisotopic (exact) mass is 254 g/mol. The first kappa shape index (κ1) is 12.6. The standard InChI is InChI=1S/C10H14N4O4/c1-17-8(3-15)18-5-14-4-12-9-6(14)2-7(16)13-10(9)11/h2,4,8,15H,3,5H2,1H3,(H3,11,13,16). The molecule has 0 aromatic carbocycles. The molecule has 0 spiro atoms. The number of fused-ring (bicyclic) bond motifs is 1. The van der Waals surface area contributed by atoms with Gasteiger partial charge in [0.25, 0.3) is 5.56 Å². The van der Waals surface area contributed by atoms with Crippen LogP contribution in [0.4, 0.5) is 5.82 Å². The highest BCUT2D eigenvalue weighted by molar-refractivity contribution is 5.84. The summed E-state index contributed by atoms with van der Waals surface area (Å²) in [6.07, 6.45) is 0.778. The third kappa shape index (κ3) is 2.35. The van der Waals surface area contributed by atoms with Crippen LogP contribution in [0.15, 0.2) is 17.2 Å². The second-order valence-electron chi connectivity index (χ2n) is 3.64. The highest BCUT2D eigenvalue weighted by Gasteiger charge is 2.10. The maximum absolute atomic E-state index is 11.3. The zero-order chi connectivity index (χ0) is 13.1. The summed E-state index contributed by atoms with van der Waals surface area (Å²) in [7, 11) is 1.43.